The summed E-state index contributed by atoms with van der Waals surface area (Å²) in [4.78, 5) is 2.40. The van der Waals surface area contributed by atoms with Crippen molar-refractivity contribution < 1.29 is 5.11 Å². The maximum Gasteiger partial charge on any atom is 0.120 e. The maximum absolute atomic E-state index is 9.82. The molecule has 1 fully saturated rings. The highest BCUT2D eigenvalue weighted by Crippen LogP contribution is 2.29. The van der Waals surface area contributed by atoms with Crippen LogP contribution >= 0.6 is 0 Å². The Kier molecular flexibility index (Phi) is 4.48. The van der Waals surface area contributed by atoms with Gasteiger partial charge in [0.1, 0.15) is 5.75 Å². The third-order valence-corrected chi connectivity index (χ3v) is 4.30. The summed E-state index contributed by atoms with van der Waals surface area (Å²) >= 11 is 0. The van der Waals surface area contributed by atoms with E-state index < -0.39 is 0 Å². The number of aryl methyl sites for hydroxylation is 1. The lowest BCUT2D eigenvalue weighted by Gasteiger charge is -2.38. The first-order chi connectivity index (χ1) is 8.98. The molecule has 1 aliphatic heterocycles. The van der Waals surface area contributed by atoms with Crippen LogP contribution in [0.15, 0.2) is 18.2 Å². The van der Waals surface area contributed by atoms with Crippen molar-refractivity contribution in [2.45, 2.75) is 33.2 Å². The molecule has 0 bridgehead atoms. The van der Waals surface area contributed by atoms with Gasteiger partial charge < -0.3 is 15.3 Å². The lowest BCUT2D eigenvalue weighted by atomic mass is 9.80. The van der Waals surface area contributed by atoms with Gasteiger partial charge in [-0.15, -0.1) is 0 Å². The van der Waals surface area contributed by atoms with Gasteiger partial charge in [0.25, 0.3) is 0 Å². The quantitative estimate of drug-likeness (QED) is 0.875. The molecule has 0 saturated carbocycles. The largest absolute Gasteiger partial charge is 0.508 e. The van der Waals surface area contributed by atoms with Crippen molar-refractivity contribution in [2.75, 3.05) is 26.7 Å². The molecule has 0 amide bonds. The minimum atomic E-state index is 0.395. The minimum absolute atomic E-state index is 0.395. The zero-order valence-corrected chi connectivity index (χ0v) is 12.4. The molecule has 0 unspecified atom stereocenters. The molecule has 1 heterocycles. The smallest absolute Gasteiger partial charge is 0.120 e. The SMILES string of the molecule is Cc1ccc(O)c(CNCC2(C)CCN(C)CC2)c1. The average molecular weight is 262 g/mol. The molecular formula is C16H26N2O. The third-order valence-electron chi connectivity index (χ3n) is 4.30. The Labute approximate surface area is 116 Å². The van der Waals surface area contributed by atoms with Gasteiger partial charge in [0.15, 0.2) is 0 Å². The highest BCUT2D eigenvalue weighted by atomic mass is 16.3. The van der Waals surface area contributed by atoms with E-state index in [2.05, 4.69) is 37.2 Å². The average Bonchev–Trinajstić information content (AvgIpc) is 2.38. The molecule has 1 aromatic carbocycles. The zero-order valence-electron chi connectivity index (χ0n) is 12.4. The summed E-state index contributed by atoms with van der Waals surface area (Å²) in [7, 11) is 2.19. The fourth-order valence-electron chi connectivity index (χ4n) is 2.69. The van der Waals surface area contributed by atoms with Crippen molar-refractivity contribution in [3.63, 3.8) is 0 Å². The van der Waals surface area contributed by atoms with Crippen LogP contribution in [0.5, 0.6) is 5.75 Å². The number of hydrogen-bond acceptors (Lipinski definition) is 3. The highest BCUT2D eigenvalue weighted by molar-refractivity contribution is 5.35. The van der Waals surface area contributed by atoms with Gasteiger partial charge in [-0.1, -0.05) is 24.6 Å². The number of nitrogens with zero attached hydrogens (tertiary/aromatic N) is 1. The molecular weight excluding hydrogens is 236 g/mol. The normalized spacial score (nSPS) is 19.5. The number of phenolic OH excluding ortho intramolecular Hbond substituents is 1. The zero-order chi connectivity index (χ0) is 13.9. The van der Waals surface area contributed by atoms with Gasteiger partial charge in [-0.05, 0) is 51.4 Å². The number of aromatic hydroxyl groups is 1. The summed E-state index contributed by atoms with van der Waals surface area (Å²) in [5, 5.41) is 13.3. The molecule has 19 heavy (non-hydrogen) atoms. The van der Waals surface area contributed by atoms with Crippen LogP contribution < -0.4 is 5.32 Å². The number of likely N-dealkylation sites (tertiary alicyclic amines) is 1. The van der Waals surface area contributed by atoms with Crippen LogP contribution in [-0.2, 0) is 6.54 Å². The van der Waals surface area contributed by atoms with Gasteiger partial charge in [-0.2, -0.15) is 0 Å². The monoisotopic (exact) mass is 262 g/mol. The Morgan fingerprint density at radius 2 is 2.00 bits per heavy atom. The van der Waals surface area contributed by atoms with Crippen molar-refractivity contribution in [3.05, 3.63) is 29.3 Å². The number of rotatable bonds is 4. The fraction of sp³-hybridized carbons (Fsp3) is 0.625. The Balaban J connectivity index is 1.84. The lowest BCUT2D eigenvalue weighted by molar-refractivity contribution is 0.136. The van der Waals surface area contributed by atoms with Gasteiger partial charge in [0.05, 0.1) is 0 Å². The van der Waals surface area contributed by atoms with Crippen LogP contribution in [0.25, 0.3) is 0 Å². The van der Waals surface area contributed by atoms with Gasteiger partial charge in [0, 0.05) is 18.7 Å². The highest BCUT2D eigenvalue weighted by Gasteiger charge is 2.28. The van der Waals surface area contributed by atoms with Gasteiger partial charge in [-0.25, -0.2) is 0 Å². The number of hydrogen-bond donors (Lipinski definition) is 2. The van der Waals surface area contributed by atoms with Gasteiger partial charge in [-0.3, -0.25) is 0 Å². The second-order valence-electron chi connectivity index (χ2n) is 6.35. The van der Waals surface area contributed by atoms with Crippen molar-refractivity contribution >= 4 is 0 Å². The van der Waals surface area contributed by atoms with E-state index in [1.54, 1.807) is 6.07 Å². The van der Waals surface area contributed by atoms with E-state index >= 15 is 0 Å². The maximum atomic E-state index is 9.82. The summed E-state index contributed by atoms with van der Waals surface area (Å²) in [6, 6.07) is 5.78. The number of benzene rings is 1. The summed E-state index contributed by atoms with van der Waals surface area (Å²) in [6.07, 6.45) is 2.49. The standard InChI is InChI=1S/C16H26N2O/c1-13-4-5-15(19)14(10-13)11-17-12-16(2)6-8-18(3)9-7-16/h4-5,10,17,19H,6-9,11-12H2,1-3H3. The number of piperidine rings is 1. The van der Waals surface area contributed by atoms with E-state index in [1.165, 1.54) is 31.5 Å². The van der Waals surface area contributed by atoms with Crippen molar-refractivity contribution in [3.8, 4) is 5.75 Å². The molecule has 2 N–H and O–H groups in total. The first-order valence-electron chi connectivity index (χ1n) is 7.16. The van der Waals surface area contributed by atoms with Crippen molar-refractivity contribution in [1.29, 1.82) is 0 Å². The second kappa shape index (κ2) is 5.93. The lowest BCUT2D eigenvalue weighted by Crippen LogP contribution is -2.41. The number of nitrogens with one attached hydrogen (secondary N) is 1. The molecule has 0 atom stereocenters. The fourth-order valence-corrected chi connectivity index (χ4v) is 2.69. The van der Waals surface area contributed by atoms with E-state index in [-0.39, 0.29) is 0 Å². The summed E-state index contributed by atoms with van der Waals surface area (Å²) < 4.78 is 0. The Hall–Kier alpha value is -1.06. The van der Waals surface area contributed by atoms with Gasteiger partial charge >= 0.3 is 0 Å². The first-order valence-corrected chi connectivity index (χ1v) is 7.16. The Morgan fingerprint density at radius 3 is 2.68 bits per heavy atom. The molecule has 0 aromatic heterocycles. The van der Waals surface area contributed by atoms with Crippen LogP contribution in [0.2, 0.25) is 0 Å². The summed E-state index contributed by atoms with van der Waals surface area (Å²) in [6.45, 7) is 8.57. The molecule has 1 aromatic rings. The van der Waals surface area contributed by atoms with Crippen LogP contribution in [0.3, 0.4) is 0 Å². The Morgan fingerprint density at radius 1 is 1.32 bits per heavy atom. The van der Waals surface area contributed by atoms with Crippen LogP contribution in [0.1, 0.15) is 30.9 Å². The molecule has 0 aliphatic carbocycles. The molecule has 1 aliphatic rings. The van der Waals surface area contributed by atoms with Crippen LogP contribution in [-0.4, -0.2) is 36.7 Å². The minimum Gasteiger partial charge on any atom is -0.508 e. The topological polar surface area (TPSA) is 35.5 Å². The Bertz CT molecular complexity index is 423. The summed E-state index contributed by atoms with van der Waals surface area (Å²) in [5.74, 6) is 0.395. The van der Waals surface area contributed by atoms with E-state index in [0.717, 1.165) is 18.7 Å². The molecule has 1 saturated heterocycles. The molecule has 0 spiro atoms. The molecule has 3 nitrogen and oxygen atoms in total. The summed E-state index contributed by atoms with van der Waals surface area (Å²) in [5.41, 5.74) is 2.59. The number of phenols is 1. The van der Waals surface area contributed by atoms with Crippen LogP contribution in [0, 0.1) is 12.3 Å². The van der Waals surface area contributed by atoms with E-state index in [0.29, 0.717) is 11.2 Å². The van der Waals surface area contributed by atoms with Gasteiger partial charge in [0.2, 0.25) is 0 Å². The van der Waals surface area contributed by atoms with Crippen LogP contribution in [0.4, 0.5) is 0 Å². The second-order valence-corrected chi connectivity index (χ2v) is 6.35. The molecule has 106 valence electrons. The molecule has 3 heteroatoms. The van der Waals surface area contributed by atoms with Crippen molar-refractivity contribution in [1.82, 2.24) is 10.2 Å². The molecule has 2 rings (SSSR count). The predicted octanol–water partition coefficient (Wildman–Crippen LogP) is 2.52. The predicted molar refractivity (Wildman–Crippen MR) is 79.4 cm³/mol. The van der Waals surface area contributed by atoms with Crippen molar-refractivity contribution in [2.24, 2.45) is 5.41 Å². The first kappa shape index (κ1) is 14.4. The van der Waals surface area contributed by atoms with E-state index in [9.17, 15) is 5.11 Å². The van der Waals surface area contributed by atoms with E-state index in [1.807, 2.05) is 6.07 Å². The molecule has 0 radical (unpaired) electrons. The third kappa shape index (κ3) is 3.95. The van der Waals surface area contributed by atoms with E-state index in [4.69, 9.17) is 0 Å².